The predicted octanol–water partition coefficient (Wildman–Crippen LogP) is 4.43. The van der Waals surface area contributed by atoms with Crippen molar-refractivity contribution < 1.29 is 19.1 Å². The highest BCUT2D eigenvalue weighted by Crippen LogP contribution is 2.17. The normalized spacial score (nSPS) is 11.4. The van der Waals surface area contributed by atoms with Gasteiger partial charge in [-0.1, -0.05) is 54.1 Å². The molecule has 0 radical (unpaired) electrons. The van der Waals surface area contributed by atoms with Crippen LogP contribution in [0.1, 0.15) is 21.5 Å². The van der Waals surface area contributed by atoms with E-state index in [9.17, 15) is 9.59 Å². The molecular formula is C24H22ClNO4. The van der Waals surface area contributed by atoms with Gasteiger partial charge in [-0.15, -0.1) is 0 Å². The molecule has 0 fully saturated rings. The number of hydrogen-bond donors (Lipinski definition) is 1. The van der Waals surface area contributed by atoms with E-state index in [-0.39, 0.29) is 12.3 Å². The smallest absolute Gasteiger partial charge is 0.328 e. The van der Waals surface area contributed by atoms with Crippen molar-refractivity contribution in [1.29, 1.82) is 0 Å². The van der Waals surface area contributed by atoms with E-state index < -0.39 is 12.0 Å². The summed E-state index contributed by atoms with van der Waals surface area (Å²) in [5, 5.41) is 3.26. The number of benzene rings is 3. The van der Waals surface area contributed by atoms with Gasteiger partial charge in [0, 0.05) is 17.0 Å². The second-order valence-corrected chi connectivity index (χ2v) is 7.12. The molecule has 1 amide bonds. The van der Waals surface area contributed by atoms with Gasteiger partial charge >= 0.3 is 5.97 Å². The molecule has 3 aromatic rings. The summed E-state index contributed by atoms with van der Waals surface area (Å²) in [7, 11) is 1.29. The van der Waals surface area contributed by atoms with Crippen molar-refractivity contribution in [2.75, 3.05) is 7.11 Å². The number of rotatable bonds is 8. The maximum atomic E-state index is 12.5. The van der Waals surface area contributed by atoms with E-state index in [1.54, 1.807) is 24.3 Å². The number of carbonyl (C=O) groups is 2. The van der Waals surface area contributed by atoms with Gasteiger partial charge in [-0.25, -0.2) is 4.79 Å². The molecule has 0 saturated carbocycles. The minimum atomic E-state index is -0.831. The van der Waals surface area contributed by atoms with Crippen LogP contribution in [0.5, 0.6) is 5.75 Å². The third kappa shape index (κ3) is 6.09. The number of amides is 1. The molecule has 0 aliphatic carbocycles. The van der Waals surface area contributed by atoms with Crippen molar-refractivity contribution in [3.63, 3.8) is 0 Å². The Bertz CT molecular complexity index is 990. The standard InChI is InChI=1S/C24H22ClNO4/c1-29-24(28)22(26-23(27)19-10-12-20(25)13-11-19)15-18-8-5-9-21(14-18)30-16-17-6-3-2-4-7-17/h2-14,22H,15-16H2,1H3,(H,26,27)/t22-/m1/s1. The maximum absolute atomic E-state index is 12.5. The van der Waals surface area contributed by atoms with Crippen LogP contribution in [0.4, 0.5) is 0 Å². The Morgan fingerprint density at radius 3 is 2.33 bits per heavy atom. The van der Waals surface area contributed by atoms with Gasteiger partial charge in [0.2, 0.25) is 0 Å². The van der Waals surface area contributed by atoms with Crippen LogP contribution < -0.4 is 10.1 Å². The Hall–Kier alpha value is -3.31. The minimum Gasteiger partial charge on any atom is -0.489 e. The van der Waals surface area contributed by atoms with Gasteiger partial charge in [0.25, 0.3) is 5.91 Å². The van der Waals surface area contributed by atoms with Crippen LogP contribution in [-0.4, -0.2) is 25.0 Å². The number of esters is 1. The molecule has 0 aliphatic heterocycles. The minimum absolute atomic E-state index is 0.272. The molecule has 0 aliphatic rings. The van der Waals surface area contributed by atoms with Gasteiger partial charge in [0.1, 0.15) is 18.4 Å². The van der Waals surface area contributed by atoms with Gasteiger partial charge in [-0.05, 0) is 47.5 Å². The maximum Gasteiger partial charge on any atom is 0.328 e. The first-order valence-corrected chi connectivity index (χ1v) is 9.83. The molecule has 3 aromatic carbocycles. The van der Waals surface area contributed by atoms with Crippen molar-refractivity contribution in [3.05, 3.63) is 101 Å². The van der Waals surface area contributed by atoms with Gasteiger partial charge in [-0.2, -0.15) is 0 Å². The predicted molar refractivity (Wildman–Crippen MR) is 116 cm³/mol. The summed E-state index contributed by atoms with van der Waals surface area (Å²) in [6.07, 6.45) is 0.272. The zero-order valence-corrected chi connectivity index (χ0v) is 17.3. The van der Waals surface area contributed by atoms with Crippen molar-refractivity contribution in [2.45, 2.75) is 19.1 Å². The van der Waals surface area contributed by atoms with E-state index >= 15 is 0 Å². The Morgan fingerprint density at radius 1 is 0.933 bits per heavy atom. The Balaban J connectivity index is 1.67. The van der Waals surface area contributed by atoms with E-state index in [0.29, 0.717) is 22.9 Å². The van der Waals surface area contributed by atoms with Crippen molar-refractivity contribution in [1.82, 2.24) is 5.32 Å². The number of nitrogens with one attached hydrogen (secondary N) is 1. The lowest BCUT2D eigenvalue weighted by molar-refractivity contribution is -0.142. The zero-order chi connectivity index (χ0) is 21.3. The number of halogens is 1. The summed E-state index contributed by atoms with van der Waals surface area (Å²) < 4.78 is 10.7. The van der Waals surface area contributed by atoms with Crippen LogP contribution >= 0.6 is 11.6 Å². The largest absolute Gasteiger partial charge is 0.489 e. The van der Waals surface area contributed by atoms with E-state index in [1.807, 2.05) is 54.6 Å². The fourth-order valence-corrected chi connectivity index (χ4v) is 3.04. The van der Waals surface area contributed by atoms with E-state index in [1.165, 1.54) is 7.11 Å². The van der Waals surface area contributed by atoms with Crippen LogP contribution in [0.15, 0.2) is 78.9 Å². The number of carbonyl (C=O) groups excluding carboxylic acids is 2. The topological polar surface area (TPSA) is 64.6 Å². The first kappa shape index (κ1) is 21.4. The Kier molecular flexibility index (Phi) is 7.46. The first-order valence-electron chi connectivity index (χ1n) is 9.45. The molecule has 1 N–H and O–H groups in total. The molecule has 5 nitrogen and oxygen atoms in total. The molecule has 0 spiro atoms. The summed E-state index contributed by atoms with van der Waals surface area (Å²) in [6.45, 7) is 0.442. The highest BCUT2D eigenvalue weighted by atomic mass is 35.5. The summed E-state index contributed by atoms with van der Waals surface area (Å²) in [5.74, 6) is -0.213. The highest BCUT2D eigenvalue weighted by Gasteiger charge is 2.23. The zero-order valence-electron chi connectivity index (χ0n) is 16.5. The summed E-state index contributed by atoms with van der Waals surface area (Å²) in [5.41, 5.74) is 2.31. The van der Waals surface area contributed by atoms with E-state index in [2.05, 4.69) is 5.32 Å². The third-order valence-electron chi connectivity index (χ3n) is 4.48. The second kappa shape index (κ2) is 10.5. The fourth-order valence-electron chi connectivity index (χ4n) is 2.92. The average molecular weight is 424 g/mol. The van der Waals surface area contributed by atoms with Crippen LogP contribution in [0.2, 0.25) is 5.02 Å². The molecule has 1 atom stereocenters. The third-order valence-corrected chi connectivity index (χ3v) is 4.74. The molecule has 0 bridgehead atoms. The summed E-state index contributed by atoms with van der Waals surface area (Å²) >= 11 is 5.86. The van der Waals surface area contributed by atoms with Gasteiger partial charge < -0.3 is 14.8 Å². The molecule has 154 valence electrons. The fraction of sp³-hybridized carbons (Fsp3) is 0.167. The van der Waals surface area contributed by atoms with Gasteiger partial charge in [0.15, 0.2) is 0 Å². The highest BCUT2D eigenvalue weighted by molar-refractivity contribution is 6.30. The number of ether oxygens (including phenoxy) is 2. The van der Waals surface area contributed by atoms with Crippen LogP contribution in [-0.2, 0) is 22.6 Å². The Morgan fingerprint density at radius 2 is 1.63 bits per heavy atom. The van der Waals surface area contributed by atoms with Crippen molar-refractivity contribution >= 4 is 23.5 Å². The molecule has 0 saturated heterocycles. The molecule has 0 heterocycles. The molecule has 3 rings (SSSR count). The number of methoxy groups -OCH3 is 1. The number of hydrogen-bond acceptors (Lipinski definition) is 4. The Labute approximate surface area is 180 Å². The lowest BCUT2D eigenvalue weighted by atomic mass is 10.0. The molecule has 30 heavy (non-hydrogen) atoms. The summed E-state index contributed by atoms with van der Waals surface area (Å²) in [4.78, 5) is 24.8. The van der Waals surface area contributed by atoms with Crippen LogP contribution in [0.25, 0.3) is 0 Å². The van der Waals surface area contributed by atoms with Crippen molar-refractivity contribution in [2.24, 2.45) is 0 Å². The molecule has 0 unspecified atom stereocenters. The van der Waals surface area contributed by atoms with Crippen LogP contribution in [0.3, 0.4) is 0 Å². The van der Waals surface area contributed by atoms with Crippen LogP contribution in [0, 0.1) is 0 Å². The first-order chi connectivity index (χ1) is 14.5. The quantitative estimate of drug-likeness (QED) is 0.544. The second-order valence-electron chi connectivity index (χ2n) is 6.68. The summed E-state index contributed by atoms with van der Waals surface area (Å²) in [6, 6.07) is 22.9. The molecule has 0 aromatic heterocycles. The van der Waals surface area contributed by atoms with Gasteiger partial charge in [0.05, 0.1) is 7.11 Å². The van der Waals surface area contributed by atoms with E-state index in [0.717, 1.165) is 11.1 Å². The average Bonchev–Trinajstić information content (AvgIpc) is 2.78. The molecule has 6 heteroatoms. The SMILES string of the molecule is COC(=O)[C@@H](Cc1cccc(OCc2ccccc2)c1)NC(=O)c1ccc(Cl)cc1. The van der Waals surface area contributed by atoms with E-state index in [4.69, 9.17) is 21.1 Å². The van der Waals surface area contributed by atoms with Crippen molar-refractivity contribution in [3.8, 4) is 5.75 Å². The lowest BCUT2D eigenvalue weighted by Gasteiger charge is -2.17. The monoisotopic (exact) mass is 423 g/mol. The molecular weight excluding hydrogens is 402 g/mol. The van der Waals surface area contributed by atoms with Gasteiger partial charge in [-0.3, -0.25) is 4.79 Å². The lowest BCUT2D eigenvalue weighted by Crippen LogP contribution is -2.43.